The Hall–Kier alpha value is -1.78. The molecule has 0 heterocycles. The Morgan fingerprint density at radius 1 is 1.35 bits per heavy atom. The maximum Gasteiger partial charge on any atom is 0.416 e. The molecule has 2 nitrogen and oxygen atoms in total. The predicted molar refractivity (Wildman–Crippen MR) is 71.2 cm³/mol. The molecule has 20 heavy (non-hydrogen) atoms. The van der Waals surface area contributed by atoms with Crippen LogP contribution in [0.15, 0.2) is 36.0 Å². The van der Waals surface area contributed by atoms with Crippen molar-refractivity contribution in [3.8, 4) is 0 Å². The van der Waals surface area contributed by atoms with Gasteiger partial charge in [-0.05, 0) is 37.5 Å². The Kier molecular flexibility index (Phi) is 4.16. The first-order chi connectivity index (χ1) is 9.38. The van der Waals surface area contributed by atoms with Crippen molar-refractivity contribution < 1.29 is 18.0 Å². The molecule has 2 rings (SSSR count). The van der Waals surface area contributed by atoms with E-state index in [0.29, 0.717) is 17.7 Å². The Morgan fingerprint density at radius 2 is 2.10 bits per heavy atom. The topological polar surface area (TPSA) is 29.1 Å². The molecule has 1 aromatic rings. The first-order valence-electron chi connectivity index (χ1n) is 6.55. The van der Waals surface area contributed by atoms with E-state index in [1.165, 1.54) is 12.3 Å². The van der Waals surface area contributed by atoms with Gasteiger partial charge in [-0.1, -0.05) is 13.0 Å². The number of hydrogen-bond acceptors (Lipinski definition) is 2. The second-order valence-electron chi connectivity index (χ2n) is 5.05. The van der Waals surface area contributed by atoms with E-state index >= 15 is 0 Å². The number of anilines is 1. The fraction of sp³-hybridized carbons (Fsp3) is 0.400. The van der Waals surface area contributed by atoms with E-state index in [9.17, 15) is 18.0 Å². The molecular weight excluding hydrogens is 267 g/mol. The van der Waals surface area contributed by atoms with E-state index in [1.807, 2.05) is 6.92 Å². The number of halogens is 3. The maximum atomic E-state index is 12.6. The molecule has 0 aliphatic heterocycles. The standard InChI is InChI=1S/C15H16F3NO/c1-10-4-2-5-11(14(10)20)9-19-13-7-3-6-12(8-13)15(16,17)18/h3,6-10,19H,2,4-5H2,1H3/b11-9+/t10-/m0/s1. The van der Waals surface area contributed by atoms with Crippen molar-refractivity contribution in [2.45, 2.75) is 32.4 Å². The van der Waals surface area contributed by atoms with Gasteiger partial charge in [0, 0.05) is 23.4 Å². The summed E-state index contributed by atoms with van der Waals surface area (Å²) in [6, 6.07) is 4.94. The van der Waals surface area contributed by atoms with Gasteiger partial charge in [-0.25, -0.2) is 0 Å². The molecular formula is C15H16F3NO. The average Bonchev–Trinajstić information content (AvgIpc) is 2.40. The summed E-state index contributed by atoms with van der Waals surface area (Å²) in [5.74, 6) is 0.0778. The molecule has 0 aromatic heterocycles. The summed E-state index contributed by atoms with van der Waals surface area (Å²) in [5.41, 5.74) is 0.281. The van der Waals surface area contributed by atoms with Crippen molar-refractivity contribution in [1.29, 1.82) is 0 Å². The van der Waals surface area contributed by atoms with Crippen LogP contribution in [-0.4, -0.2) is 5.78 Å². The van der Waals surface area contributed by atoms with Crippen molar-refractivity contribution in [2.75, 3.05) is 5.32 Å². The van der Waals surface area contributed by atoms with Crippen LogP contribution in [-0.2, 0) is 11.0 Å². The number of alkyl halides is 3. The summed E-state index contributed by atoms with van der Waals surface area (Å²) in [6.07, 6.45) is -0.342. The molecule has 1 atom stereocenters. The quantitative estimate of drug-likeness (QED) is 0.815. The average molecular weight is 283 g/mol. The molecule has 108 valence electrons. The summed E-state index contributed by atoms with van der Waals surface area (Å²) < 4.78 is 37.7. The molecule has 1 N–H and O–H groups in total. The summed E-state index contributed by atoms with van der Waals surface area (Å²) in [6.45, 7) is 1.87. The monoisotopic (exact) mass is 283 g/mol. The second-order valence-corrected chi connectivity index (χ2v) is 5.05. The third-order valence-electron chi connectivity index (χ3n) is 3.45. The van der Waals surface area contributed by atoms with Crippen LogP contribution in [0.4, 0.5) is 18.9 Å². The molecule has 1 aliphatic rings. The van der Waals surface area contributed by atoms with E-state index in [-0.39, 0.29) is 11.7 Å². The summed E-state index contributed by atoms with van der Waals surface area (Å²) in [7, 11) is 0. The highest BCUT2D eigenvalue weighted by molar-refractivity contribution is 5.97. The van der Waals surface area contributed by atoms with Crippen LogP contribution in [0.25, 0.3) is 0 Å². The zero-order valence-electron chi connectivity index (χ0n) is 11.1. The lowest BCUT2D eigenvalue weighted by molar-refractivity contribution is -0.137. The maximum absolute atomic E-state index is 12.6. The van der Waals surface area contributed by atoms with E-state index in [1.54, 1.807) is 6.07 Å². The van der Waals surface area contributed by atoms with Gasteiger partial charge in [-0.2, -0.15) is 13.2 Å². The molecule has 5 heteroatoms. The fourth-order valence-electron chi connectivity index (χ4n) is 2.27. The summed E-state index contributed by atoms with van der Waals surface area (Å²) in [5, 5.41) is 2.79. The van der Waals surface area contributed by atoms with Crippen LogP contribution in [0.1, 0.15) is 31.7 Å². The number of ketones is 1. The molecule has 0 amide bonds. The van der Waals surface area contributed by atoms with Crippen molar-refractivity contribution >= 4 is 11.5 Å². The second kappa shape index (κ2) is 5.69. The Morgan fingerprint density at radius 3 is 2.80 bits per heavy atom. The Labute approximate surface area is 115 Å². The molecule has 1 aliphatic carbocycles. The SMILES string of the molecule is C[C@H]1CCC/C(=C\Nc2cccc(C(F)(F)F)c2)C1=O. The minimum absolute atomic E-state index is 0.00157. The largest absolute Gasteiger partial charge is 0.416 e. The highest BCUT2D eigenvalue weighted by Gasteiger charge is 2.30. The molecule has 0 unspecified atom stereocenters. The molecule has 1 aromatic carbocycles. The molecule has 0 saturated heterocycles. The number of rotatable bonds is 2. The van der Waals surface area contributed by atoms with Crippen LogP contribution >= 0.6 is 0 Å². The zero-order valence-corrected chi connectivity index (χ0v) is 11.1. The minimum Gasteiger partial charge on any atom is -0.361 e. The first kappa shape index (κ1) is 14.6. The smallest absolute Gasteiger partial charge is 0.361 e. The Balaban J connectivity index is 2.13. The van der Waals surface area contributed by atoms with Gasteiger partial charge in [0.2, 0.25) is 0 Å². The predicted octanol–water partition coefficient (Wildman–Crippen LogP) is 4.39. The molecule has 0 spiro atoms. The lowest BCUT2D eigenvalue weighted by atomic mass is 9.86. The van der Waals surface area contributed by atoms with Crippen LogP contribution in [0.3, 0.4) is 0 Å². The van der Waals surface area contributed by atoms with Gasteiger partial charge in [0.15, 0.2) is 5.78 Å². The zero-order chi connectivity index (χ0) is 14.8. The van der Waals surface area contributed by atoms with E-state index < -0.39 is 11.7 Å². The van der Waals surface area contributed by atoms with Gasteiger partial charge in [0.1, 0.15) is 0 Å². The van der Waals surface area contributed by atoms with Crippen LogP contribution in [0.5, 0.6) is 0 Å². The van der Waals surface area contributed by atoms with Gasteiger partial charge >= 0.3 is 6.18 Å². The van der Waals surface area contributed by atoms with Gasteiger partial charge in [-0.3, -0.25) is 4.79 Å². The van der Waals surface area contributed by atoms with Crippen molar-refractivity contribution in [2.24, 2.45) is 5.92 Å². The van der Waals surface area contributed by atoms with E-state index in [0.717, 1.165) is 25.0 Å². The number of carbonyl (C=O) groups excluding carboxylic acids is 1. The number of benzene rings is 1. The van der Waals surface area contributed by atoms with Gasteiger partial charge in [-0.15, -0.1) is 0 Å². The van der Waals surface area contributed by atoms with Crippen LogP contribution < -0.4 is 5.32 Å². The van der Waals surface area contributed by atoms with Crippen LogP contribution in [0, 0.1) is 5.92 Å². The number of nitrogens with one attached hydrogen (secondary N) is 1. The van der Waals surface area contributed by atoms with Crippen molar-refractivity contribution in [3.05, 3.63) is 41.6 Å². The minimum atomic E-state index is -4.36. The molecule has 1 fully saturated rings. The first-order valence-corrected chi connectivity index (χ1v) is 6.55. The fourth-order valence-corrected chi connectivity index (χ4v) is 2.27. The number of allylic oxidation sites excluding steroid dienone is 1. The summed E-state index contributed by atoms with van der Waals surface area (Å²) >= 11 is 0. The van der Waals surface area contributed by atoms with Gasteiger partial charge < -0.3 is 5.32 Å². The number of hydrogen-bond donors (Lipinski definition) is 1. The Bertz CT molecular complexity index is 534. The highest BCUT2D eigenvalue weighted by Crippen LogP contribution is 2.31. The van der Waals surface area contributed by atoms with Crippen molar-refractivity contribution in [3.63, 3.8) is 0 Å². The van der Waals surface area contributed by atoms with E-state index in [4.69, 9.17) is 0 Å². The van der Waals surface area contributed by atoms with Gasteiger partial charge in [0.05, 0.1) is 5.56 Å². The lowest BCUT2D eigenvalue weighted by Gasteiger charge is -2.19. The highest BCUT2D eigenvalue weighted by atomic mass is 19.4. The lowest BCUT2D eigenvalue weighted by Crippen LogP contribution is -2.19. The normalized spacial score (nSPS) is 22.1. The molecule has 0 bridgehead atoms. The number of carbonyl (C=O) groups is 1. The third kappa shape index (κ3) is 3.40. The summed E-state index contributed by atoms with van der Waals surface area (Å²) in [4.78, 5) is 11.9. The molecule has 1 saturated carbocycles. The van der Waals surface area contributed by atoms with Crippen molar-refractivity contribution in [1.82, 2.24) is 0 Å². The van der Waals surface area contributed by atoms with E-state index in [2.05, 4.69) is 5.32 Å². The van der Waals surface area contributed by atoms with Gasteiger partial charge in [0.25, 0.3) is 0 Å². The molecule has 0 radical (unpaired) electrons. The van der Waals surface area contributed by atoms with Crippen LogP contribution in [0.2, 0.25) is 0 Å². The number of Topliss-reactive ketones (excluding diaryl/α,β-unsaturated/α-hetero) is 1. The third-order valence-corrected chi connectivity index (χ3v) is 3.45.